The molecule has 0 radical (unpaired) electrons. The van der Waals surface area contributed by atoms with Crippen LogP contribution in [0, 0.1) is 11.3 Å². The zero-order valence-corrected chi connectivity index (χ0v) is 19.2. The monoisotopic (exact) mass is 505 g/mol. The fourth-order valence-corrected chi connectivity index (χ4v) is 4.00. The van der Waals surface area contributed by atoms with Crippen LogP contribution in [0.5, 0.6) is 5.75 Å². The van der Waals surface area contributed by atoms with Crippen molar-refractivity contribution >= 4 is 17.0 Å². The second kappa shape index (κ2) is 10.1. The number of benzene rings is 2. The van der Waals surface area contributed by atoms with Crippen LogP contribution in [-0.4, -0.2) is 77.3 Å². The average molecular weight is 505 g/mol. The number of ether oxygens (including phenoxy) is 2. The molecule has 2 aromatic heterocycles. The highest BCUT2D eigenvalue weighted by Crippen LogP contribution is 2.28. The van der Waals surface area contributed by atoms with E-state index in [2.05, 4.69) is 26.4 Å². The van der Waals surface area contributed by atoms with E-state index in [9.17, 15) is 20.4 Å². The summed E-state index contributed by atoms with van der Waals surface area (Å²) in [5.74, 6) is 6.65. The molecule has 13 nitrogen and oxygen atoms in total. The van der Waals surface area contributed by atoms with Gasteiger partial charge in [0.15, 0.2) is 22.8 Å². The van der Waals surface area contributed by atoms with Crippen molar-refractivity contribution in [2.75, 3.05) is 12.0 Å². The minimum Gasteiger partial charge on any atom is -0.462 e. The lowest BCUT2D eigenvalue weighted by molar-refractivity contribution is -0.277. The molecule has 0 spiro atoms. The van der Waals surface area contributed by atoms with Crippen molar-refractivity contribution < 1.29 is 29.9 Å². The summed E-state index contributed by atoms with van der Waals surface area (Å²) in [5, 5.41) is 48.5. The Labute approximate surface area is 210 Å². The van der Waals surface area contributed by atoms with E-state index in [0.29, 0.717) is 39.7 Å². The molecule has 37 heavy (non-hydrogen) atoms. The Morgan fingerprint density at radius 1 is 1.03 bits per heavy atom. The van der Waals surface area contributed by atoms with Gasteiger partial charge >= 0.3 is 0 Å². The maximum Gasteiger partial charge on any atom is 0.229 e. The van der Waals surface area contributed by atoms with Crippen LogP contribution in [0.2, 0.25) is 0 Å². The third-order valence-corrected chi connectivity index (χ3v) is 6.02. The first-order valence-electron chi connectivity index (χ1n) is 11.2. The summed E-state index contributed by atoms with van der Waals surface area (Å²) in [7, 11) is 0. The molecule has 0 bridgehead atoms. The van der Waals surface area contributed by atoms with E-state index in [1.165, 1.54) is 0 Å². The van der Waals surface area contributed by atoms with Crippen molar-refractivity contribution in [1.29, 1.82) is 5.26 Å². The fraction of sp³-hybridized carbons (Fsp3) is 0.250. The largest absolute Gasteiger partial charge is 0.462 e. The third kappa shape index (κ3) is 4.56. The topological polar surface area (TPSA) is 205 Å². The predicted octanol–water partition coefficient (Wildman–Crippen LogP) is -0.182. The lowest BCUT2D eigenvalue weighted by Gasteiger charge is -2.39. The number of imidazole rings is 1. The number of hydrazine groups is 1. The highest BCUT2D eigenvalue weighted by molar-refractivity contribution is 5.86. The second-order valence-electron chi connectivity index (χ2n) is 8.33. The number of aliphatic hydroxyl groups excluding tert-OH is 4. The quantitative estimate of drug-likeness (QED) is 0.149. The van der Waals surface area contributed by atoms with Gasteiger partial charge in [-0.05, 0) is 48.5 Å². The minimum absolute atomic E-state index is 0.300. The zero-order chi connectivity index (χ0) is 26.1. The van der Waals surface area contributed by atoms with Crippen molar-refractivity contribution in [3.8, 4) is 28.9 Å². The molecule has 5 rings (SSSR count). The minimum atomic E-state index is -1.54. The molecular weight excluding hydrogens is 482 g/mol. The maximum atomic E-state index is 10.2. The van der Waals surface area contributed by atoms with E-state index in [-0.39, 0.29) is 0 Å². The molecule has 190 valence electrons. The molecule has 3 heterocycles. The SMILES string of the molecule is N#Cc1ccc(-n2cnc3c(NN)nc(-c4ccc(OC5OC(CO)C(O)C(O)C5O)cc4)nc32)cc1. The fourth-order valence-electron chi connectivity index (χ4n) is 4.00. The molecule has 5 unspecified atom stereocenters. The molecule has 0 aliphatic carbocycles. The van der Waals surface area contributed by atoms with E-state index in [4.69, 9.17) is 20.6 Å². The van der Waals surface area contributed by atoms with E-state index in [0.717, 1.165) is 5.69 Å². The highest BCUT2D eigenvalue weighted by atomic mass is 16.7. The van der Waals surface area contributed by atoms with Gasteiger partial charge in [0.05, 0.1) is 18.2 Å². The van der Waals surface area contributed by atoms with Crippen LogP contribution in [0.25, 0.3) is 28.2 Å². The Morgan fingerprint density at radius 2 is 1.76 bits per heavy atom. The normalized spacial score (nSPS) is 23.5. The molecule has 0 saturated carbocycles. The van der Waals surface area contributed by atoms with Gasteiger partial charge in [0.2, 0.25) is 6.29 Å². The molecule has 1 aliphatic rings. The van der Waals surface area contributed by atoms with Gasteiger partial charge in [0.25, 0.3) is 0 Å². The molecule has 1 saturated heterocycles. The zero-order valence-electron chi connectivity index (χ0n) is 19.2. The summed E-state index contributed by atoms with van der Waals surface area (Å²) in [6.45, 7) is -0.555. The Bertz CT molecular complexity index is 1440. The van der Waals surface area contributed by atoms with Gasteiger partial charge in [-0.2, -0.15) is 5.26 Å². The number of nitrogens with zero attached hydrogens (tertiary/aromatic N) is 5. The van der Waals surface area contributed by atoms with E-state index in [1.54, 1.807) is 59.4 Å². The van der Waals surface area contributed by atoms with Crippen molar-refractivity contribution in [2.24, 2.45) is 5.84 Å². The number of aliphatic hydroxyl groups is 4. The van der Waals surface area contributed by atoms with Crippen LogP contribution in [0.4, 0.5) is 5.82 Å². The number of nitrogens with two attached hydrogens (primary N) is 1. The number of rotatable bonds is 6. The van der Waals surface area contributed by atoms with Crippen LogP contribution in [0.15, 0.2) is 54.9 Å². The lowest BCUT2D eigenvalue weighted by atomic mass is 9.99. The molecule has 4 aromatic rings. The van der Waals surface area contributed by atoms with Gasteiger partial charge in [-0.3, -0.25) is 4.57 Å². The van der Waals surface area contributed by atoms with Crippen LogP contribution in [-0.2, 0) is 4.74 Å². The van der Waals surface area contributed by atoms with Crippen LogP contribution in [0.3, 0.4) is 0 Å². The first-order valence-corrected chi connectivity index (χ1v) is 11.2. The van der Waals surface area contributed by atoms with Crippen molar-refractivity contribution in [2.45, 2.75) is 30.7 Å². The number of hydrogen-bond acceptors (Lipinski definition) is 12. The van der Waals surface area contributed by atoms with Gasteiger partial charge in [0, 0.05) is 11.3 Å². The molecule has 7 N–H and O–H groups in total. The number of anilines is 1. The predicted molar refractivity (Wildman–Crippen MR) is 129 cm³/mol. The van der Waals surface area contributed by atoms with Crippen molar-refractivity contribution in [3.63, 3.8) is 0 Å². The number of aromatic nitrogens is 4. The molecule has 1 fully saturated rings. The van der Waals surface area contributed by atoms with Gasteiger partial charge in [-0.1, -0.05) is 0 Å². The number of nitriles is 1. The van der Waals surface area contributed by atoms with Gasteiger partial charge in [-0.25, -0.2) is 20.8 Å². The van der Waals surface area contributed by atoms with Crippen molar-refractivity contribution in [3.05, 3.63) is 60.4 Å². The van der Waals surface area contributed by atoms with Gasteiger partial charge < -0.3 is 35.3 Å². The van der Waals surface area contributed by atoms with E-state index < -0.39 is 37.3 Å². The first-order chi connectivity index (χ1) is 17.9. The maximum absolute atomic E-state index is 10.2. The Morgan fingerprint density at radius 3 is 2.41 bits per heavy atom. The average Bonchev–Trinajstić information content (AvgIpc) is 3.37. The number of hydrogen-bond donors (Lipinski definition) is 6. The van der Waals surface area contributed by atoms with Crippen LogP contribution < -0.4 is 16.0 Å². The summed E-state index contributed by atoms with van der Waals surface area (Å²) in [5.41, 5.74) is 5.39. The molecule has 5 atom stereocenters. The summed E-state index contributed by atoms with van der Waals surface area (Å²) in [6.07, 6.45) is -5.34. The third-order valence-electron chi connectivity index (χ3n) is 6.02. The van der Waals surface area contributed by atoms with E-state index in [1.807, 2.05) is 0 Å². The molecule has 0 amide bonds. The summed E-state index contributed by atoms with van der Waals surface area (Å²) >= 11 is 0. The highest BCUT2D eigenvalue weighted by Gasteiger charge is 2.44. The smallest absolute Gasteiger partial charge is 0.229 e. The van der Waals surface area contributed by atoms with Crippen LogP contribution >= 0.6 is 0 Å². The van der Waals surface area contributed by atoms with Gasteiger partial charge in [0.1, 0.15) is 36.5 Å². The summed E-state index contributed by atoms with van der Waals surface area (Å²) in [4.78, 5) is 13.5. The van der Waals surface area contributed by atoms with Crippen LogP contribution in [0.1, 0.15) is 5.56 Å². The number of nitrogens with one attached hydrogen (secondary N) is 1. The lowest BCUT2D eigenvalue weighted by Crippen LogP contribution is -2.60. The standard InChI is InChI=1S/C24H23N7O6/c25-9-12-1-5-14(6-2-12)31-11-27-17-22(30-26)28-21(29-23(17)31)13-3-7-15(8-4-13)36-24-20(35)19(34)18(33)16(10-32)37-24/h1-8,11,16,18-20,24,32-35H,10,26H2,(H,28,29,30). The first kappa shape index (κ1) is 24.5. The number of nitrogen functional groups attached to an aromatic ring is 1. The molecular formula is C24H23N7O6. The Hall–Kier alpha value is -4.16. The molecule has 13 heteroatoms. The number of fused-ring (bicyclic) bond motifs is 1. The van der Waals surface area contributed by atoms with Crippen molar-refractivity contribution in [1.82, 2.24) is 19.5 Å². The second-order valence-corrected chi connectivity index (χ2v) is 8.33. The molecule has 1 aliphatic heterocycles. The Kier molecular flexibility index (Phi) is 6.68. The Balaban J connectivity index is 1.43. The summed E-state index contributed by atoms with van der Waals surface area (Å²) < 4.78 is 12.8. The molecule has 2 aromatic carbocycles. The van der Waals surface area contributed by atoms with E-state index >= 15 is 0 Å². The van der Waals surface area contributed by atoms with Gasteiger partial charge in [-0.15, -0.1) is 0 Å². The summed E-state index contributed by atoms with van der Waals surface area (Å²) in [6, 6.07) is 15.6.